The molecule has 1 aromatic rings. The van der Waals surface area contributed by atoms with E-state index in [-0.39, 0.29) is 17.5 Å². The summed E-state index contributed by atoms with van der Waals surface area (Å²) in [6.07, 6.45) is 8.07. The number of esters is 1. The van der Waals surface area contributed by atoms with Crippen molar-refractivity contribution in [1.82, 2.24) is 5.32 Å². The van der Waals surface area contributed by atoms with Gasteiger partial charge < -0.3 is 4.74 Å². The Hall–Kier alpha value is -1.61. The van der Waals surface area contributed by atoms with E-state index >= 15 is 0 Å². The molecule has 28 heavy (non-hydrogen) atoms. The molecule has 0 saturated heterocycles. The van der Waals surface area contributed by atoms with Gasteiger partial charge in [-0.3, -0.25) is 5.32 Å². The first-order valence-electron chi connectivity index (χ1n) is 10.9. The summed E-state index contributed by atoms with van der Waals surface area (Å²) in [5.74, 6) is 1.25. The maximum atomic E-state index is 13.4. The highest BCUT2D eigenvalue weighted by atomic mass is 16.5. The SMILES string of the molecule is CC(C)C[C@]1(C(=O)O[C@@H]2C[C@H](C)CC[C@H]2C(C)(C)c2ccccc2)C=CCN1. The Labute approximate surface area is 170 Å². The first kappa shape index (κ1) is 21.1. The lowest BCUT2D eigenvalue weighted by Gasteiger charge is -2.45. The van der Waals surface area contributed by atoms with Gasteiger partial charge in [-0.05, 0) is 42.1 Å². The third-order valence-electron chi connectivity index (χ3n) is 6.79. The molecule has 0 bridgehead atoms. The van der Waals surface area contributed by atoms with Gasteiger partial charge in [0.1, 0.15) is 11.6 Å². The van der Waals surface area contributed by atoms with E-state index in [2.05, 4.69) is 76.3 Å². The van der Waals surface area contributed by atoms with E-state index in [9.17, 15) is 4.79 Å². The molecule has 4 atom stereocenters. The van der Waals surface area contributed by atoms with Crippen LogP contribution in [0.2, 0.25) is 0 Å². The molecule has 1 heterocycles. The van der Waals surface area contributed by atoms with Crippen LogP contribution < -0.4 is 5.32 Å². The van der Waals surface area contributed by atoms with Crippen LogP contribution in [-0.2, 0) is 14.9 Å². The zero-order valence-electron chi connectivity index (χ0n) is 18.2. The number of hydrogen-bond acceptors (Lipinski definition) is 3. The molecule has 1 aliphatic carbocycles. The summed E-state index contributed by atoms with van der Waals surface area (Å²) in [5.41, 5.74) is 0.638. The smallest absolute Gasteiger partial charge is 0.330 e. The fraction of sp³-hybridized carbons (Fsp3) is 0.640. The zero-order valence-corrected chi connectivity index (χ0v) is 18.2. The molecular formula is C25H37NO2. The molecule has 1 fully saturated rings. The molecule has 3 rings (SSSR count). The third kappa shape index (κ3) is 4.35. The first-order valence-corrected chi connectivity index (χ1v) is 10.9. The molecule has 0 aromatic heterocycles. The molecular weight excluding hydrogens is 346 g/mol. The molecule has 154 valence electrons. The van der Waals surface area contributed by atoms with Gasteiger partial charge in [0.2, 0.25) is 0 Å². The van der Waals surface area contributed by atoms with Crippen LogP contribution in [0.5, 0.6) is 0 Å². The lowest BCUT2D eigenvalue weighted by molar-refractivity contribution is -0.163. The third-order valence-corrected chi connectivity index (χ3v) is 6.79. The van der Waals surface area contributed by atoms with E-state index in [0.29, 0.717) is 17.8 Å². The van der Waals surface area contributed by atoms with Crippen molar-refractivity contribution in [3.05, 3.63) is 48.0 Å². The first-order chi connectivity index (χ1) is 13.2. The summed E-state index contributed by atoms with van der Waals surface area (Å²) in [5, 5.41) is 3.40. The predicted octanol–water partition coefficient (Wildman–Crippen LogP) is 5.26. The largest absolute Gasteiger partial charge is 0.460 e. The van der Waals surface area contributed by atoms with Crippen molar-refractivity contribution in [2.24, 2.45) is 17.8 Å². The van der Waals surface area contributed by atoms with E-state index in [0.717, 1.165) is 25.8 Å². The molecule has 1 saturated carbocycles. The van der Waals surface area contributed by atoms with Crippen molar-refractivity contribution < 1.29 is 9.53 Å². The standard InChI is InChI=1S/C25H37NO2/c1-18(2)17-25(14-9-15-26-25)23(27)28-22-16-19(3)12-13-21(22)24(4,5)20-10-7-6-8-11-20/h6-11,14,18-19,21-22,26H,12-13,15-17H2,1-5H3/t19-,21-,22-,25+/m1/s1. The fourth-order valence-corrected chi connectivity index (χ4v) is 5.18. The average molecular weight is 384 g/mol. The molecule has 1 aromatic carbocycles. The van der Waals surface area contributed by atoms with Gasteiger partial charge >= 0.3 is 5.97 Å². The Bertz CT molecular complexity index is 694. The van der Waals surface area contributed by atoms with E-state index in [1.165, 1.54) is 12.0 Å². The molecule has 3 nitrogen and oxygen atoms in total. The van der Waals surface area contributed by atoms with Crippen LogP contribution in [0.3, 0.4) is 0 Å². The van der Waals surface area contributed by atoms with Crippen molar-refractivity contribution in [3.63, 3.8) is 0 Å². The molecule has 0 radical (unpaired) electrons. The number of carbonyl (C=O) groups excluding carboxylic acids is 1. The van der Waals surface area contributed by atoms with Gasteiger partial charge in [-0.25, -0.2) is 4.79 Å². The van der Waals surface area contributed by atoms with E-state index < -0.39 is 5.54 Å². The van der Waals surface area contributed by atoms with Gasteiger partial charge in [0.25, 0.3) is 0 Å². The molecule has 0 spiro atoms. The van der Waals surface area contributed by atoms with Crippen LogP contribution in [0.1, 0.15) is 65.9 Å². The van der Waals surface area contributed by atoms with E-state index in [4.69, 9.17) is 4.74 Å². The summed E-state index contributed by atoms with van der Waals surface area (Å²) >= 11 is 0. The minimum absolute atomic E-state index is 0.0312. The average Bonchev–Trinajstić information content (AvgIpc) is 3.11. The number of benzene rings is 1. The number of hydrogen-bond donors (Lipinski definition) is 1. The van der Waals surface area contributed by atoms with Crippen molar-refractivity contribution in [1.29, 1.82) is 0 Å². The second kappa shape index (κ2) is 8.41. The zero-order chi connectivity index (χ0) is 20.4. The summed E-state index contributed by atoms with van der Waals surface area (Å²) < 4.78 is 6.32. The fourth-order valence-electron chi connectivity index (χ4n) is 5.18. The minimum Gasteiger partial charge on any atom is -0.460 e. The van der Waals surface area contributed by atoms with Crippen molar-refractivity contribution in [3.8, 4) is 0 Å². The maximum Gasteiger partial charge on any atom is 0.330 e. The Kier molecular flexibility index (Phi) is 6.34. The van der Waals surface area contributed by atoms with E-state index in [1.807, 2.05) is 6.08 Å². The summed E-state index contributed by atoms with van der Waals surface area (Å²) in [6, 6.07) is 10.7. The van der Waals surface area contributed by atoms with Crippen LogP contribution in [0, 0.1) is 17.8 Å². The topological polar surface area (TPSA) is 38.3 Å². The lowest BCUT2D eigenvalue weighted by Crippen LogP contribution is -2.52. The molecule has 0 unspecified atom stereocenters. The maximum absolute atomic E-state index is 13.4. The van der Waals surface area contributed by atoms with Crippen LogP contribution in [-0.4, -0.2) is 24.2 Å². The number of carbonyl (C=O) groups is 1. The van der Waals surface area contributed by atoms with Crippen molar-refractivity contribution in [2.45, 2.75) is 77.4 Å². The van der Waals surface area contributed by atoms with Crippen LogP contribution in [0.15, 0.2) is 42.5 Å². The quantitative estimate of drug-likeness (QED) is 0.538. The Morgan fingerprint density at radius 1 is 1.25 bits per heavy atom. The van der Waals surface area contributed by atoms with Gasteiger partial charge in [0, 0.05) is 12.5 Å². The second-order valence-corrected chi connectivity index (χ2v) is 9.91. The van der Waals surface area contributed by atoms with Gasteiger partial charge in [0.05, 0.1) is 0 Å². The summed E-state index contributed by atoms with van der Waals surface area (Å²) in [7, 11) is 0. The van der Waals surface area contributed by atoms with Crippen LogP contribution in [0.25, 0.3) is 0 Å². The van der Waals surface area contributed by atoms with Gasteiger partial charge in [-0.1, -0.05) is 83.5 Å². The molecule has 0 amide bonds. The molecule has 2 aliphatic rings. The molecule has 3 heteroatoms. The number of nitrogens with one attached hydrogen (secondary N) is 1. The van der Waals surface area contributed by atoms with Crippen molar-refractivity contribution >= 4 is 5.97 Å². The van der Waals surface area contributed by atoms with Gasteiger partial charge in [0.15, 0.2) is 0 Å². The number of rotatable bonds is 6. The van der Waals surface area contributed by atoms with Crippen LogP contribution >= 0.6 is 0 Å². The lowest BCUT2D eigenvalue weighted by atomic mass is 9.64. The van der Waals surface area contributed by atoms with E-state index in [1.54, 1.807) is 0 Å². The molecule has 1 N–H and O–H groups in total. The normalized spacial score (nSPS) is 30.6. The predicted molar refractivity (Wildman–Crippen MR) is 115 cm³/mol. The Morgan fingerprint density at radius 3 is 2.57 bits per heavy atom. The second-order valence-electron chi connectivity index (χ2n) is 9.91. The minimum atomic E-state index is -0.656. The molecule has 1 aliphatic heterocycles. The highest BCUT2D eigenvalue weighted by Crippen LogP contribution is 2.44. The summed E-state index contributed by atoms with van der Waals surface area (Å²) in [4.78, 5) is 13.4. The highest BCUT2D eigenvalue weighted by Gasteiger charge is 2.46. The van der Waals surface area contributed by atoms with Crippen LogP contribution in [0.4, 0.5) is 0 Å². The Balaban J connectivity index is 1.83. The van der Waals surface area contributed by atoms with Gasteiger partial charge in [-0.15, -0.1) is 0 Å². The Morgan fingerprint density at radius 2 is 1.96 bits per heavy atom. The van der Waals surface area contributed by atoms with Crippen molar-refractivity contribution in [2.75, 3.05) is 6.54 Å². The number of ether oxygens (including phenoxy) is 1. The highest BCUT2D eigenvalue weighted by molar-refractivity contribution is 5.84. The monoisotopic (exact) mass is 383 g/mol. The summed E-state index contributed by atoms with van der Waals surface area (Å²) in [6.45, 7) is 12.0. The van der Waals surface area contributed by atoms with Gasteiger partial charge in [-0.2, -0.15) is 0 Å².